The fraction of sp³-hybridized carbons (Fsp3) is 0.321. The highest BCUT2D eigenvalue weighted by Crippen LogP contribution is 2.39. The number of nitrogens with one attached hydrogen (secondary N) is 1. The summed E-state index contributed by atoms with van der Waals surface area (Å²) in [6.07, 6.45) is 13.0. The molecular weight excluding hydrogens is 472 g/mol. The Labute approximate surface area is 215 Å². The van der Waals surface area contributed by atoms with Crippen molar-refractivity contribution in [2.75, 3.05) is 20.8 Å². The third-order valence-electron chi connectivity index (χ3n) is 6.23. The van der Waals surface area contributed by atoms with Gasteiger partial charge in [-0.3, -0.25) is 9.98 Å². The summed E-state index contributed by atoms with van der Waals surface area (Å²) in [5.41, 5.74) is 3.37. The van der Waals surface area contributed by atoms with E-state index in [9.17, 15) is 5.11 Å². The standard InChI is InChI=1S/C28H32N4O3S/c1-5-30-16-25(29-3)28(33,26-17-31-18-36-26)22-9-12-24-20(15-22)14-21(27(32-24)35-6-2)13-19-7-10-23(34-4)11-8-19/h5,7,9-12,14-19,29,33H,6,8,13H2,1-4H3/b25-16-,30-5?. The van der Waals surface area contributed by atoms with Gasteiger partial charge in [0.25, 0.3) is 0 Å². The zero-order chi connectivity index (χ0) is 25.5. The number of hydrogen-bond donors (Lipinski definition) is 2. The number of likely N-dealkylation sites (N-methyl/N-ethyl adjacent to an activating group) is 1. The van der Waals surface area contributed by atoms with Crippen molar-refractivity contribution in [3.63, 3.8) is 0 Å². The number of thiazole rings is 1. The second-order valence-electron chi connectivity index (χ2n) is 8.44. The Bertz CT molecular complexity index is 1310. The Morgan fingerprint density at radius 1 is 1.36 bits per heavy atom. The van der Waals surface area contributed by atoms with Crippen LogP contribution in [0.5, 0.6) is 5.88 Å². The van der Waals surface area contributed by atoms with Crippen LogP contribution in [-0.2, 0) is 16.8 Å². The molecule has 36 heavy (non-hydrogen) atoms. The van der Waals surface area contributed by atoms with Crippen molar-refractivity contribution in [3.8, 4) is 5.88 Å². The van der Waals surface area contributed by atoms with Crippen LogP contribution in [-0.4, -0.2) is 42.1 Å². The van der Waals surface area contributed by atoms with Crippen molar-refractivity contribution < 1.29 is 14.6 Å². The number of rotatable bonds is 10. The zero-order valence-electron chi connectivity index (χ0n) is 21.1. The molecule has 2 N–H and O–H groups in total. The van der Waals surface area contributed by atoms with Crippen LogP contribution in [0.3, 0.4) is 0 Å². The SMILES string of the molecule is CC=N/C=C(\NC)C(O)(c1ccc2nc(OCC)c(CC3C=CC(OC)=CC3)cc2c1)c1cncs1. The van der Waals surface area contributed by atoms with E-state index in [-0.39, 0.29) is 0 Å². The van der Waals surface area contributed by atoms with Crippen LogP contribution in [0.15, 0.2) is 76.8 Å². The topological polar surface area (TPSA) is 88.9 Å². The van der Waals surface area contributed by atoms with E-state index in [1.165, 1.54) is 11.3 Å². The number of aliphatic hydroxyl groups is 1. The smallest absolute Gasteiger partial charge is 0.217 e. The molecule has 7 nitrogen and oxygen atoms in total. The fourth-order valence-electron chi connectivity index (χ4n) is 4.38. The molecule has 2 aromatic heterocycles. The number of aliphatic imine (C=N–C) groups is 1. The molecule has 2 heterocycles. The number of nitrogens with zero attached hydrogens (tertiary/aromatic N) is 3. The van der Waals surface area contributed by atoms with Gasteiger partial charge in [-0.2, -0.15) is 0 Å². The van der Waals surface area contributed by atoms with Gasteiger partial charge in [-0.25, -0.2) is 4.98 Å². The van der Waals surface area contributed by atoms with E-state index in [0.29, 0.717) is 34.5 Å². The van der Waals surface area contributed by atoms with E-state index in [0.717, 1.165) is 35.1 Å². The molecule has 0 saturated heterocycles. The minimum absolute atomic E-state index is 0.324. The third kappa shape index (κ3) is 5.20. The van der Waals surface area contributed by atoms with Crippen molar-refractivity contribution in [1.82, 2.24) is 15.3 Å². The quantitative estimate of drug-likeness (QED) is 0.372. The molecule has 2 unspecified atom stereocenters. The molecule has 1 aromatic carbocycles. The molecule has 0 amide bonds. The number of hydrogen-bond acceptors (Lipinski definition) is 8. The number of ether oxygens (including phenoxy) is 2. The highest BCUT2D eigenvalue weighted by atomic mass is 32.1. The maximum absolute atomic E-state index is 12.1. The van der Waals surface area contributed by atoms with Crippen LogP contribution in [0.25, 0.3) is 10.9 Å². The summed E-state index contributed by atoms with van der Waals surface area (Å²) in [6.45, 7) is 4.34. The van der Waals surface area contributed by atoms with Crippen LogP contribution in [0.1, 0.15) is 36.3 Å². The minimum atomic E-state index is -1.44. The lowest BCUT2D eigenvalue weighted by atomic mass is 9.87. The van der Waals surface area contributed by atoms with Crippen molar-refractivity contribution in [3.05, 3.63) is 87.9 Å². The molecular formula is C28H32N4O3S. The summed E-state index contributed by atoms with van der Waals surface area (Å²) in [6, 6.07) is 7.93. The van der Waals surface area contributed by atoms with Gasteiger partial charge in [0, 0.05) is 36.6 Å². The Kier molecular flexibility index (Phi) is 8.18. The minimum Gasteiger partial charge on any atom is -0.497 e. The number of benzene rings is 1. The summed E-state index contributed by atoms with van der Waals surface area (Å²) >= 11 is 1.39. The van der Waals surface area contributed by atoms with E-state index < -0.39 is 5.60 Å². The largest absolute Gasteiger partial charge is 0.497 e. The molecule has 4 rings (SSSR count). The van der Waals surface area contributed by atoms with E-state index in [2.05, 4.69) is 33.5 Å². The van der Waals surface area contributed by atoms with Crippen LogP contribution < -0.4 is 10.1 Å². The molecule has 188 valence electrons. The van der Waals surface area contributed by atoms with Crippen molar-refractivity contribution in [1.29, 1.82) is 0 Å². The van der Waals surface area contributed by atoms with Gasteiger partial charge >= 0.3 is 0 Å². The molecule has 0 saturated carbocycles. The van der Waals surface area contributed by atoms with E-state index in [4.69, 9.17) is 14.5 Å². The number of methoxy groups -OCH3 is 1. The lowest BCUT2D eigenvalue weighted by molar-refractivity contribution is 0.117. The van der Waals surface area contributed by atoms with Gasteiger partial charge in [0.2, 0.25) is 5.88 Å². The highest BCUT2D eigenvalue weighted by Gasteiger charge is 2.37. The number of fused-ring (bicyclic) bond motifs is 1. The van der Waals surface area contributed by atoms with Crippen LogP contribution in [0.2, 0.25) is 0 Å². The van der Waals surface area contributed by atoms with Gasteiger partial charge in [0.05, 0.1) is 35.3 Å². The predicted molar refractivity (Wildman–Crippen MR) is 145 cm³/mol. The Balaban J connectivity index is 1.79. The normalized spacial score (nSPS) is 17.8. The number of allylic oxidation sites excluding steroid dienone is 3. The van der Waals surface area contributed by atoms with E-state index in [1.54, 1.807) is 38.3 Å². The maximum atomic E-state index is 12.1. The average molecular weight is 505 g/mol. The first-order valence-electron chi connectivity index (χ1n) is 12.0. The highest BCUT2D eigenvalue weighted by molar-refractivity contribution is 7.09. The molecule has 0 bridgehead atoms. The van der Waals surface area contributed by atoms with Crippen LogP contribution in [0, 0.1) is 5.92 Å². The van der Waals surface area contributed by atoms with Gasteiger partial charge in [-0.15, -0.1) is 11.3 Å². The Morgan fingerprint density at radius 2 is 2.22 bits per heavy atom. The Hall–Kier alpha value is -3.49. The van der Waals surface area contributed by atoms with Gasteiger partial charge < -0.3 is 19.9 Å². The summed E-state index contributed by atoms with van der Waals surface area (Å²) in [5.74, 6) is 1.87. The van der Waals surface area contributed by atoms with Crippen LogP contribution >= 0.6 is 11.3 Å². The first-order valence-corrected chi connectivity index (χ1v) is 12.9. The fourth-order valence-corrected chi connectivity index (χ4v) is 5.13. The zero-order valence-corrected chi connectivity index (χ0v) is 21.9. The first kappa shape index (κ1) is 25.6. The van der Waals surface area contributed by atoms with Gasteiger partial charge in [0.15, 0.2) is 5.60 Å². The summed E-state index contributed by atoms with van der Waals surface area (Å²) in [7, 11) is 3.46. The monoisotopic (exact) mass is 504 g/mol. The number of aromatic nitrogens is 2. The molecule has 8 heteroatoms. The van der Waals surface area contributed by atoms with Crippen LogP contribution in [0.4, 0.5) is 0 Å². The van der Waals surface area contributed by atoms with E-state index >= 15 is 0 Å². The second kappa shape index (κ2) is 11.5. The molecule has 2 atom stereocenters. The molecule has 0 spiro atoms. The van der Waals surface area contributed by atoms with Crippen molar-refractivity contribution in [2.45, 2.75) is 32.3 Å². The first-order chi connectivity index (χ1) is 17.5. The van der Waals surface area contributed by atoms with Crippen molar-refractivity contribution in [2.24, 2.45) is 10.9 Å². The average Bonchev–Trinajstić information content (AvgIpc) is 3.45. The molecule has 1 aliphatic carbocycles. The second-order valence-corrected chi connectivity index (χ2v) is 9.33. The van der Waals surface area contributed by atoms with Crippen molar-refractivity contribution >= 4 is 28.5 Å². The summed E-state index contributed by atoms with van der Waals surface area (Å²) < 4.78 is 11.2. The lowest BCUT2D eigenvalue weighted by Gasteiger charge is -2.30. The molecule has 3 aromatic rings. The maximum Gasteiger partial charge on any atom is 0.217 e. The van der Waals surface area contributed by atoms with E-state index in [1.807, 2.05) is 38.1 Å². The predicted octanol–water partition coefficient (Wildman–Crippen LogP) is 5.13. The van der Waals surface area contributed by atoms with Gasteiger partial charge in [0.1, 0.15) is 5.76 Å². The molecule has 1 aliphatic rings. The summed E-state index contributed by atoms with van der Waals surface area (Å²) in [5, 5.41) is 16.2. The third-order valence-corrected chi connectivity index (χ3v) is 7.11. The van der Waals surface area contributed by atoms with Gasteiger partial charge in [-0.05, 0) is 68.5 Å². The Morgan fingerprint density at radius 3 is 2.86 bits per heavy atom. The molecule has 0 radical (unpaired) electrons. The van der Waals surface area contributed by atoms with Gasteiger partial charge in [-0.1, -0.05) is 12.1 Å². The lowest BCUT2D eigenvalue weighted by Crippen LogP contribution is -2.35. The number of pyridine rings is 1. The molecule has 0 aliphatic heterocycles. The molecule has 0 fully saturated rings. The summed E-state index contributed by atoms with van der Waals surface area (Å²) in [4.78, 5) is 14.0.